The number of anilines is 1. The summed E-state index contributed by atoms with van der Waals surface area (Å²) in [6.45, 7) is 3.53. The molecule has 0 bridgehead atoms. The summed E-state index contributed by atoms with van der Waals surface area (Å²) in [5, 5.41) is 18.6. The van der Waals surface area contributed by atoms with Crippen molar-refractivity contribution >= 4 is 28.5 Å². The predicted octanol–water partition coefficient (Wildman–Crippen LogP) is 2.24. The molecule has 2 N–H and O–H groups in total. The van der Waals surface area contributed by atoms with Gasteiger partial charge in [0.2, 0.25) is 5.28 Å². The second kappa shape index (κ2) is 6.77. The number of fused-ring (bicyclic) bond motifs is 2. The Bertz CT molecular complexity index is 884. The molecule has 0 aromatic carbocycles. The Hall–Kier alpha value is -1.52. The smallest absolute Gasteiger partial charge is 0.226 e. The summed E-state index contributed by atoms with van der Waals surface area (Å²) in [5.74, 6) is -0.0689. The molecule has 4 atom stereocenters. The average molecular weight is 410 g/mol. The van der Waals surface area contributed by atoms with Gasteiger partial charge in [-0.3, -0.25) is 0 Å². The number of aliphatic hydroxyl groups is 1. The molecule has 1 saturated carbocycles. The van der Waals surface area contributed by atoms with Crippen molar-refractivity contribution in [3.05, 3.63) is 11.5 Å². The third-order valence-corrected chi connectivity index (χ3v) is 5.84. The van der Waals surface area contributed by atoms with E-state index in [0.717, 1.165) is 18.2 Å². The number of nitrogens with one attached hydrogen (secondary N) is 1. The fraction of sp³-hybridized carbons (Fsp3) is 0.722. The van der Waals surface area contributed by atoms with E-state index in [2.05, 4.69) is 20.4 Å². The van der Waals surface area contributed by atoms with Crippen LogP contribution in [0.4, 0.5) is 5.82 Å². The number of halogens is 1. The van der Waals surface area contributed by atoms with E-state index in [0.29, 0.717) is 17.5 Å². The second-order valence-electron chi connectivity index (χ2n) is 8.11. The number of nitrogens with zero attached hydrogens (tertiary/aromatic N) is 4. The average Bonchev–Trinajstić information content (AvgIpc) is 3.38. The molecule has 9 nitrogen and oxygen atoms in total. The van der Waals surface area contributed by atoms with E-state index in [1.165, 1.54) is 12.8 Å². The van der Waals surface area contributed by atoms with Crippen LogP contribution in [0.15, 0.2) is 6.20 Å². The van der Waals surface area contributed by atoms with Crippen molar-refractivity contribution in [3.63, 3.8) is 0 Å². The van der Waals surface area contributed by atoms with Crippen LogP contribution in [-0.2, 0) is 14.2 Å². The van der Waals surface area contributed by atoms with Crippen LogP contribution in [0.3, 0.4) is 0 Å². The van der Waals surface area contributed by atoms with Gasteiger partial charge < -0.3 is 24.6 Å². The third-order valence-electron chi connectivity index (χ3n) is 5.67. The molecular weight excluding hydrogens is 386 g/mol. The number of aromatic nitrogens is 4. The fourth-order valence-corrected chi connectivity index (χ4v) is 4.63. The highest BCUT2D eigenvalue weighted by Gasteiger charge is 2.56. The van der Waals surface area contributed by atoms with E-state index < -0.39 is 24.2 Å². The molecule has 10 heteroatoms. The van der Waals surface area contributed by atoms with Crippen molar-refractivity contribution in [3.8, 4) is 0 Å². The first-order valence-corrected chi connectivity index (χ1v) is 10.1. The van der Waals surface area contributed by atoms with Crippen molar-refractivity contribution in [1.82, 2.24) is 19.7 Å². The summed E-state index contributed by atoms with van der Waals surface area (Å²) in [7, 11) is 0. The van der Waals surface area contributed by atoms with Gasteiger partial charge in [0.05, 0.1) is 18.2 Å². The lowest BCUT2D eigenvalue weighted by Gasteiger charge is -2.23. The topological polar surface area (TPSA) is 104 Å². The van der Waals surface area contributed by atoms with E-state index >= 15 is 0 Å². The largest absolute Gasteiger partial charge is 0.394 e. The van der Waals surface area contributed by atoms with Gasteiger partial charge in [-0.25, -0.2) is 4.68 Å². The Morgan fingerprint density at radius 1 is 1.25 bits per heavy atom. The Kier molecular flexibility index (Phi) is 4.48. The number of aliphatic hydroxyl groups excluding tert-OH is 1. The van der Waals surface area contributed by atoms with Gasteiger partial charge in [0, 0.05) is 6.04 Å². The van der Waals surface area contributed by atoms with Gasteiger partial charge in [0.1, 0.15) is 24.1 Å². The van der Waals surface area contributed by atoms with Gasteiger partial charge >= 0.3 is 0 Å². The van der Waals surface area contributed by atoms with E-state index in [-0.39, 0.29) is 18.0 Å². The summed E-state index contributed by atoms with van der Waals surface area (Å²) >= 11 is 6.22. The molecule has 2 aromatic rings. The molecule has 2 saturated heterocycles. The first-order valence-electron chi connectivity index (χ1n) is 9.74. The highest BCUT2D eigenvalue weighted by Crippen LogP contribution is 2.43. The lowest BCUT2D eigenvalue weighted by molar-refractivity contribution is -0.201. The molecule has 0 radical (unpaired) electrons. The molecule has 3 fully saturated rings. The molecule has 2 aromatic heterocycles. The van der Waals surface area contributed by atoms with E-state index in [9.17, 15) is 5.11 Å². The SMILES string of the molecule is CC1(C)O[C@@H]2[C@H](O1)C(CO)O[C@H]2n1ncc2c(NC3CCCC3)nc(Cl)nc21. The van der Waals surface area contributed by atoms with Gasteiger partial charge in [-0.15, -0.1) is 0 Å². The van der Waals surface area contributed by atoms with Crippen LogP contribution in [0, 0.1) is 0 Å². The van der Waals surface area contributed by atoms with Crippen LogP contribution in [0.1, 0.15) is 45.8 Å². The Balaban J connectivity index is 1.52. The molecule has 1 unspecified atom stereocenters. The zero-order chi connectivity index (χ0) is 19.5. The lowest BCUT2D eigenvalue weighted by atomic mass is 10.1. The molecule has 3 aliphatic rings. The number of hydrogen-bond donors (Lipinski definition) is 2. The fourth-order valence-electron chi connectivity index (χ4n) is 4.46. The summed E-state index contributed by atoms with van der Waals surface area (Å²) in [4.78, 5) is 8.77. The van der Waals surface area contributed by atoms with Gasteiger partial charge in [-0.1, -0.05) is 12.8 Å². The van der Waals surface area contributed by atoms with Crippen molar-refractivity contribution in [2.24, 2.45) is 0 Å². The van der Waals surface area contributed by atoms with Crippen molar-refractivity contribution in [2.75, 3.05) is 11.9 Å². The Morgan fingerprint density at radius 3 is 2.75 bits per heavy atom. The van der Waals surface area contributed by atoms with Crippen LogP contribution in [0.2, 0.25) is 5.28 Å². The van der Waals surface area contributed by atoms with E-state index in [1.807, 2.05) is 13.8 Å². The third kappa shape index (κ3) is 3.05. The normalized spacial score (nSPS) is 32.3. The Morgan fingerprint density at radius 2 is 2.00 bits per heavy atom. The number of hydrogen-bond acceptors (Lipinski definition) is 8. The molecule has 152 valence electrons. The summed E-state index contributed by atoms with van der Waals surface area (Å²) in [5.41, 5.74) is 0.566. The monoisotopic (exact) mass is 409 g/mol. The van der Waals surface area contributed by atoms with Gasteiger partial charge in [-0.05, 0) is 38.3 Å². The zero-order valence-electron chi connectivity index (χ0n) is 15.8. The van der Waals surface area contributed by atoms with Crippen LogP contribution in [0.25, 0.3) is 11.0 Å². The summed E-state index contributed by atoms with van der Waals surface area (Å²) in [6.07, 6.45) is 4.52. The maximum atomic E-state index is 9.71. The highest BCUT2D eigenvalue weighted by atomic mass is 35.5. The van der Waals surface area contributed by atoms with Crippen molar-refractivity contribution in [2.45, 2.75) is 75.9 Å². The molecule has 28 heavy (non-hydrogen) atoms. The van der Waals surface area contributed by atoms with Crippen LogP contribution in [-0.4, -0.2) is 61.6 Å². The summed E-state index contributed by atoms with van der Waals surface area (Å²) in [6, 6.07) is 0.385. The first-order chi connectivity index (χ1) is 13.4. The highest BCUT2D eigenvalue weighted by molar-refractivity contribution is 6.28. The Labute approximate surface area is 167 Å². The van der Waals surface area contributed by atoms with Crippen molar-refractivity contribution < 1.29 is 19.3 Å². The second-order valence-corrected chi connectivity index (χ2v) is 8.44. The van der Waals surface area contributed by atoms with E-state index in [4.69, 9.17) is 25.8 Å². The first kappa shape index (κ1) is 18.5. The predicted molar refractivity (Wildman–Crippen MR) is 101 cm³/mol. The van der Waals surface area contributed by atoms with Crippen LogP contribution < -0.4 is 5.32 Å². The van der Waals surface area contributed by atoms with E-state index in [1.54, 1.807) is 10.9 Å². The minimum absolute atomic E-state index is 0.145. The van der Waals surface area contributed by atoms with Crippen molar-refractivity contribution in [1.29, 1.82) is 0 Å². The number of ether oxygens (including phenoxy) is 3. The van der Waals surface area contributed by atoms with Crippen LogP contribution >= 0.6 is 11.6 Å². The zero-order valence-corrected chi connectivity index (χ0v) is 16.6. The standard InChI is InChI=1S/C18H24ClN5O4/c1-18(2)27-12-11(8-25)26-16(13(12)28-18)24-15-10(7-20-24)14(22-17(19)23-15)21-9-5-3-4-6-9/h7,9,11-13,16,25H,3-6,8H2,1-2H3,(H,21,22,23)/t11?,12-,13-,16-/m1/s1. The maximum Gasteiger partial charge on any atom is 0.226 e. The molecular formula is C18H24ClN5O4. The minimum Gasteiger partial charge on any atom is -0.394 e. The molecule has 1 aliphatic carbocycles. The van der Waals surface area contributed by atoms with Gasteiger partial charge in [0.15, 0.2) is 17.7 Å². The molecule has 5 rings (SSSR count). The number of rotatable bonds is 4. The van der Waals surface area contributed by atoms with Crippen LogP contribution in [0.5, 0.6) is 0 Å². The molecule has 0 amide bonds. The molecule has 2 aliphatic heterocycles. The summed E-state index contributed by atoms with van der Waals surface area (Å²) < 4.78 is 19.6. The van der Waals surface area contributed by atoms with Gasteiger partial charge in [0.25, 0.3) is 0 Å². The maximum absolute atomic E-state index is 9.71. The minimum atomic E-state index is -0.754. The lowest BCUT2D eigenvalue weighted by Crippen LogP contribution is -2.31. The van der Waals surface area contributed by atoms with Gasteiger partial charge in [-0.2, -0.15) is 15.1 Å². The molecule has 0 spiro atoms. The molecule has 4 heterocycles. The quantitative estimate of drug-likeness (QED) is 0.741.